The zero-order valence-electron chi connectivity index (χ0n) is 21.4. The Labute approximate surface area is 228 Å². The summed E-state index contributed by atoms with van der Waals surface area (Å²) in [6, 6.07) is 6.15. The van der Waals surface area contributed by atoms with Gasteiger partial charge in [0.05, 0.1) is 39.7 Å². The number of rotatable bonds is 8. The van der Waals surface area contributed by atoms with E-state index in [0.717, 1.165) is 22.7 Å². The lowest BCUT2D eigenvalue weighted by atomic mass is 10.1. The van der Waals surface area contributed by atoms with Crippen LogP contribution in [0.2, 0.25) is 5.02 Å². The number of carbonyl (C=O) groups is 1. The Morgan fingerprint density at radius 3 is 2.53 bits per heavy atom. The van der Waals surface area contributed by atoms with Crippen LogP contribution in [-0.4, -0.2) is 44.1 Å². The SMILES string of the molecule is COc1c(CN(C)C)cc(C(F)(F)F)cc1NC(=O)c1ccc(Cl)c(N(N)/C=C(\N)C2=C(C)N(C)NS2)c1. The number of hydrogen-bond acceptors (Lipinski definition) is 9. The van der Waals surface area contributed by atoms with Gasteiger partial charge in [0.25, 0.3) is 5.91 Å². The van der Waals surface area contributed by atoms with E-state index in [-0.39, 0.29) is 39.8 Å². The number of hydrazine groups is 2. The molecule has 0 saturated carbocycles. The van der Waals surface area contributed by atoms with Gasteiger partial charge >= 0.3 is 6.18 Å². The van der Waals surface area contributed by atoms with Gasteiger partial charge in [-0.2, -0.15) is 18.0 Å². The average Bonchev–Trinajstić information content (AvgIpc) is 3.16. The Hall–Kier alpha value is -3.10. The molecule has 1 heterocycles. The van der Waals surface area contributed by atoms with Gasteiger partial charge in [0.15, 0.2) is 0 Å². The molecule has 38 heavy (non-hydrogen) atoms. The molecule has 3 rings (SSSR count). The quantitative estimate of drug-likeness (QED) is 0.207. The van der Waals surface area contributed by atoms with Gasteiger partial charge < -0.3 is 25.7 Å². The average molecular weight is 572 g/mol. The smallest absolute Gasteiger partial charge is 0.416 e. The van der Waals surface area contributed by atoms with Crippen LogP contribution >= 0.6 is 23.5 Å². The normalized spacial score (nSPS) is 14.4. The Morgan fingerprint density at radius 2 is 1.97 bits per heavy atom. The molecule has 14 heteroatoms. The summed E-state index contributed by atoms with van der Waals surface area (Å²) in [7, 11) is 6.59. The zero-order chi connectivity index (χ0) is 28.4. The molecule has 0 aliphatic carbocycles. The molecule has 0 spiro atoms. The van der Waals surface area contributed by atoms with Crippen LogP contribution in [0, 0.1) is 0 Å². The van der Waals surface area contributed by atoms with Crippen molar-refractivity contribution in [1.29, 1.82) is 0 Å². The number of carbonyl (C=O) groups excluding carboxylic acids is 1. The van der Waals surface area contributed by atoms with Crippen LogP contribution in [0.3, 0.4) is 0 Å². The molecule has 2 aromatic rings. The van der Waals surface area contributed by atoms with E-state index in [0.29, 0.717) is 5.70 Å². The minimum Gasteiger partial charge on any atom is -0.494 e. The maximum Gasteiger partial charge on any atom is 0.416 e. The highest BCUT2D eigenvalue weighted by Gasteiger charge is 2.33. The predicted molar refractivity (Wildman–Crippen MR) is 145 cm³/mol. The third-order valence-electron chi connectivity index (χ3n) is 5.58. The first-order valence-corrected chi connectivity index (χ1v) is 12.3. The summed E-state index contributed by atoms with van der Waals surface area (Å²) in [4.78, 5) is 18.6. The van der Waals surface area contributed by atoms with Gasteiger partial charge in [-0.05, 0) is 63.3 Å². The van der Waals surface area contributed by atoms with Crippen LogP contribution < -0.4 is 31.5 Å². The van der Waals surface area contributed by atoms with Gasteiger partial charge in [0, 0.05) is 36.6 Å². The molecule has 1 aliphatic rings. The lowest BCUT2D eigenvalue weighted by molar-refractivity contribution is -0.137. The molecular weight excluding hydrogens is 543 g/mol. The van der Waals surface area contributed by atoms with Crippen LogP contribution in [0.5, 0.6) is 5.75 Å². The van der Waals surface area contributed by atoms with Crippen LogP contribution in [0.15, 0.2) is 52.8 Å². The molecule has 9 nitrogen and oxygen atoms in total. The number of methoxy groups -OCH3 is 1. The van der Waals surface area contributed by atoms with Crippen molar-refractivity contribution in [2.75, 3.05) is 38.6 Å². The van der Waals surface area contributed by atoms with Crippen LogP contribution in [0.1, 0.15) is 28.4 Å². The lowest BCUT2D eigenvalue weighted by Gasteiger charge is -2.20. The highest BCUT2D eigenvalue weighted by molar-refractivity contribution is 8.01. The number of benzene rings is 2. The Morgan fingerprint density at radius 1 is 1.29 bits per heavy atom. The highest BCUT2D eigenvalue weighted by atomic mass is 35.5. The van der Waals surface area contributed by atoms with E-state index in [1.54, 1.807) is 24.0 Å². The number of nitrogens with zero attached hydrogens (tertiary/aromatic N) is 3. The Bertz CT molecular complexity index is 1280. The summed E-state index contributed by atoms with van der Waals surface area (Å²) < 4.78 is 46.2. The van der Waals surface area contributed by atoms with Crippen LogP contribution in [0.4, 0.5) is 24.5 Å². The van der Waals surface area contributed by atoms with Crippen molar-refractivity contribution in [3.63, 3.8) is 0 Å². The van der Waals surface area contributed by atoms with Gasteiger partial charge in [0.1, 0.15) is 5.75 Å². The molecular formula is C24H29ClF3N7O2S. The van der Waals surface area contributed by atoms with Crippen molar-refractivity contribution >= 4 is 40.8 Å². The minimum absolute atomic E-state index is 0.104. The first kappa shape index (κ1) is 29.5. The highest BCUT2D eigenvalue weighted by Crippen LogP contribution is 2.39. The molecule has 0 saturated heterocycles. The van der Waals surface area contributed by atoms with Crippen molar-refractivity contribution in [3.05, 3.63) is 74.5 Å². The molecule has 0 unspecified atom stereocenters. The van der Waals surface area contributed by atoms with Crippen LogP contribution in [-0.2, 0) is 12.7 Å². The number of anilines is 2. The number of halogens is 4. The largest absolute Gasteiger partial charge is 0.494 e. The van der Waals surface area contributed by atoms with Gasteiger partial charge in [-0.15, -0.1) is 0 Å². The maximum atomic E-state index is 13.6. The molecule has 1 aliphatic heterocycles. The molecule has 0 fully saturated rings. The first-order chi connectivity index (χ1) is 17.7. The number of nitrogens with one attached hydrogen (secondary N) is 2. The standard InChI is InChI=1S/C24H29ClF3N7O2S/c1-13-22(38-32-34(13)4)18(29)12-35(30)20-9-14(6-7-17(20)25)23(36)31-19-10-16(24(26,27)28)8-15(11-33(2)3)21(19)37-5/h6-10,12,32H,11,29-30H2,1-5H3,(H,31,36)/b18-12-. The van der Waals surface area contributed by atoms with E-state index in [4.69, 9.17) is 27.9 Å². The van der Waals surface area contributed by atoms with E-state index >= 15 is 0 Å². The van der Waals surface area contributed by atoms with E-state index in [9.17, 15) is 18.0 Å². The molecule has 206 valence electrons. The van der Waals surface area contributed by atoms with Crippen LogP contribution in [0.25, 0.3) is 0 Å². The number of alkyl halides is 3. The number of hydrogen-bond donors (Lipinski definition) is 4. The number of allylic oxidation sites excluding steroid dienone is 1. The van der Waals surface area contributed by atoms with Gasteiger partial charge in [0.2, 0.25) is 0 Å². The number of amides is 1. The maximum absolute atomic E-state index is 13.6. The third kappa shape index (κ3) is 6.66. The summed E-state index contributed by atoms with van der Waals surface area (Å²) in [5, 5.41) is 5.74. The molecule has 0 bridgehead atoms. The minimum atomic E-state index is -4.62. The summed E-state index contributed by atoms with van der Waals surface area (Å²) >= 11 is 7.64. The fourth-order valence-corrected chi connectivity index (χ4v) is 4.68. The Kier molecular flexibility index (Phi) is 9.10. The van der Waals surface area contributed by atoms with Gasteiger partial charge in [-0.3, -0.25) is 9.80 Å². The molecule has 0 radical (unpaired) electrons. The van der Waals surface area contributed by atoms with Crippen molar-refractivity contribution in [2.45, 2.75) is 19.6 Å². The second-order valence-electron chi connectivity index (χ2n) is 8.73. The zero-order valence-corrected chi connectivity index (χ0v) is 23.0. The fraction of sp³-hybridized carbons (Fsp3) is 0.292. The van der Waals surface area contributed by atoms with Crippen molar-refractivity contribution in [2.24, 2.45) is 11.6 Å². The topological polar surface area (TPSA) is 112 Å². The van der Waals surface area contributed by atoms with Gasteiger partial charge in [-0.1, -0.05) is 11.6 Å². The summed E-state index contributed by atoms with van der Waals surface area (Å²) in [5.41, 5.74) is 7.06. The number of ether oxygens (including phenoxy) is 1. The lowest BCUT2D eigenvalue weighted by Crippen LogP contribution is -2.27. The molecule has 0 atom stereocenters. The summed E-state index contributed by atoms with van der Waals surface area (Å²) in [5.74, 6) is 5.63. The van der Waals surface area contributed by atoms with Crippen molar-refractivity contribution in [3.8, 4) is 5.75 Å². The van der Waals surface area contributed by atoms with Crippen molar-refractivity contribution in [1.82, 2.24) is 14.7 Å². The molecule has 2 aromatic carbocycles. The second-order valence-corrected chi connectivity index (χ2v) is 9.93. The summed E-state index contributed by atoms with van der Waals surface area (Å²) in [6.45, 7) is 2.05. The van der Waals surface area contributed by atoms with E-state index in [2.05, 4.69) is 10.1 Å². The van der Waals surface area contributed by atoms with E-state index in [1.165, 1.54) is 48.5 Å². The van der Waals surface area contributed by atoms with Crippen molar-refractivity contribution < 1.29 is 22.7 Å². The Balaban J connectivity index is 1.95. The first-order valence-electron chi connectivity index (χ1n) is 11.1. The molecule has 6 N–H and O–H groups in total. The third-order valence-corrected chi connectivity index (χ3v) is 7.00. The molecule has 1 amide bonds. The monoisotopic (exact) mass is 571 g/mol. The van der Waals surface area contributed by atoms with Gasteiger partial charge in [-0.25, -0.2) is 5.84 Å². The second kappa shape index (κ2) is 11.7. The van der Waals surface area contributed by atoms with E-state index in [1.807, 2.05) is 14.0 Å². The molecule has 0 aromatic heterocycles. The summed E-state index contributed by atoms with van der Waals surface area (Å²) in [6.07, 6.45) is -3.17. The van der Waals surface area contributed by atoms with E-state index < -0.39 is 17.6 Å². The number of nitrogens with two attached hydrogens (primary N) is 2. The predicted octanol–water partition coefficient (Wildman–Crippen LogP) is 4.49. The fourth-order valence-electron chi connectivity index (χ4n) is 3.65.